The Balaban J connectivity index is 0.00000162. The molecule has 0 heterocycles. The predicted molar refractivity (Wildman–Crippen MR) is 62.4 cm³/mol. The Morgan fingerprint density at radius 1 is 1.00 bits per heavy atom. The van der Waals surface area contributed by atoms with Crippen LogP contribution in [0.1, 0.15) is 16.7 Å². The van der Waals surface area contributed by atoms with Gasteiger partial charge in [-0.3, -0.25) is 4.39 Å². The molecule has 0 spiro atoms. The van der Waals surface area contributed by atoms with Gasteiger partial charge in [-0.25, -0.2) is 4.39 Å². The molecule has 0 nitrogen and oxygen atoms in total. The SMILES string of the molecule is Cc1ccc(C#Cc2cc[c-]c(F)c2F)cc1.[Rb+]. The summed E-state index contributed by atoms with van der Waals surface area (Å²) in [6.45, 7) is 1.97. The van der Waals surface area contributed by atoms with Crippen molar-refractivity contribution >= 4 is 0 Å². The zero-order valence-corrected chi connectivity index (χ0v) is 15.1. The van der Waals surface area contributed by atoms with E-state index in [1.165, 1.54) is 12.1 Å². The van der Waals surface area contributed by atoms with E-state index in [-0.39, 0.29) is 63.8 Å². The van der Waals surface area contributed by atoms with Crippen LogP contribution in [0.15, 0.2) is 36.4 Å². The Hall–Kier alpha value is -0.335. The van der Waals surface area contributed by atoms with E-state index < -0.39 is 11.6 Å². The molecule has 0 saturated carbocycles. The van der Waals surface area contributed by atoms with Gasteiger partial charge < -0.3 is 0 Å². The van der Waals surface area contributed by atoms with Crippen molar-refractivity contribution in [2.75, 3.05) is 0 Å². The second-order valence-electron chi connectivity index (χ2n) is 3.64. The largest absolute Gasteiger partial charge is 1.00 e. The molecule has 0 aromatic heterocycles. The quantitative estimate of drug-likeness (QED) is 0.490. The molecule has 2 rings (SSSR count). The van der Waals surface area contributed by atoms with Crippen LogP contribution in [-0.4, -0.2) is 0 Å². The van der Waals surface area contributed by atoms with Gasteiger partial charge in [0.05, 0.1) is 5.82 Å². The standard InChI is InChI=1S/C15H9F2.Rb/c1-11-5-7-12(8-6-11)9-10-13-3-2-4-14(16)15(13)17;/h2-3,5-8H,1H3;/q-1;+1. The summed E-state index contributed by atoms with van der Waals surface area (Å²) in [6, 6.07) is 12.4. The maximum atomic E-state index is 13.3. The van der Waals surface area contributed by atoms with Crippen molar-refractivity contribution < 1.29 is 67.0 Å². The van der Waals surface area contributed by atoms with Crippen LogP contribution in [0.3, 0.4) is 0 Å². The van der Waals surface area contributed by atoms with Gasteiger partial charge in [0, 0.05) is 11.4 Å². The Morgan fingerprint density at radius 2 is 1.67 bits per heavy atom. The van der Waals surface area contributed by atoms with E-state index in [1.54, 1.807) is 0 Å². The monoisotopic (exact) mass is 312 g/mol. The van der Waals surface area contributed by atoms with Crippen molar-refractivity contribution in [3.8, 4) is 11.8 Å². The first-order valence-electron chi connectivity index (χ1n) is 5.11. The van der Waals surface area contributed by atoms with E-state index in [1.807, 2.05) is 31.2 Å². The zero-order valence-electron chi connectivity index (χ0n) is 10.2. The fourth-order valence-electron chi connectivity index (χ4n) is 1.33. The van der Waals surface area contributed by atoms with Crippen LogP contribution in [-0.2, 0) is 0 Å². The number of hydrogen-bond donors (Lipinski definition) is 0. The third kappa shape index (κ3) is 4.10. The van der Waals surface area contributed by atoms with Gasteiger partial charge in [0.1, 0.15) is 0 Å². The van der Waals surface area contributed by atoms with Gasteiger partial charge in [-0.1, -0.05) is 29.5 Å². The summed E-state index contributed by atoms with van der Waals surface area (Å²) in [5, 5.41) is 0. The van der Waals surface area contributed by atoms with Gasteiger partial charge >= 0.3 is 58.2 Å². The molecule has 0 fully saturated rings. The fraction of sp³-hybridized carbons (Fsp3) is 0.0667. The van der Waals surface area contributed by atoms with Gasteiger partial charge in [0.15, 0.2) is 0 Å². The minimum absolute atomic E-state index is 0. The van der Waals surface area contributed by atoms with E-state index in [2.05, 4.69) is 17.9 Å². The number of benzene rings is 2. The Morgan fingerprint density at radius 3 is 2.33 bits per heavy atom. The molecule has 0 saturated heterocycles. The number of rotatable bonds is 0. The topological polar surface area (TPSA) is 0 Å². The fourth-order valence-corrected chi connectivity index (χ4v) is 1.33. The molecular formula is C15H9F2Rb. The number of aryl methyl sites for hydroxylation is 1. The van der Waals surface area contributed by atoms with Crippen LogP contribution >= 0.6 is 0 Å². The summed E-state index contributed by atoms with van der Waals surface area (Å²) >= 11 is 0. The molecule has 2 aromatic carbocycles. The molecule has 0 unspecified atom stereocenters. The van der Waals surface area contributed by atoms with Crippen LogP contribution in [0.4, 0.5) is 8.78 Å². The van der Waals surface area contributed by atoms with Gasteiger partial charge in [0.25, 0.3) is 0 Å². The van der Waals surface area contributed by atoms with E-state index in [9.17, 15) is 8.78 Å². The third-order valence-electron chi connectivity index (χ3n) is 2.28. The molecule has 0 aliphatic rings. The smallest absolute Gasteiger partial charge is 0.280 e. The van der Waals surface area contributed by atoms with Gasteiger partial charge in [0.2, 0.25) is 0 Å². The van der Waals surface area contributed by atoms with E-state index in [0.29, 0.717) is 0 Å². The van der Waals surface area contributed by atoms with Gasteiger partial charge in [-0.2, -0.15) is 12.1 Å². The second kappa shape index (κ2) is 7.30. The molecule has 0 N–H and O–H groups in total. The molecule has 0 amide bonds. The molecule has 0 aliphatic heterocycles. The summed E-state index contributed by atoms with van der Waals surface area (Å²) < 4.78 is 26.1. The molecule has 3 heteroatoms. The van der Waals surface area contributed by atoms with Crippen molar-refractivity contribution in [3.63, 3.8) is 0 Å². The maximum Gasteiger partial charge on any atom is 1.00 e. The summed E-state index contributed by atoms with van der Waals surface area (Å²) in [4.78, 5) is 0. The molecule has 0 atom stereocenters. The van der Waals surface area contributed by atoms with E-state index >= 15 is 0 Å². The molecular weight excluding hydrogens is 304 g/mol. The van der Waals surface area contributed by atoms with Crippen LogP contribution in [0, 0.1) is 36.5 Å². The number of hydrogen-bond acceptors (Lipinski definition) is 0. The van der Waals surface area contributed by atoms with Gasteiger partial charge in [-0.15, -0.1) is 6.07 Å². The van der Waals surface area contributed by atoms with Crippen molar-refractivity contribution in [3.05, 3.63) is 70.8 Å². The maximum absolute atomic E-state index is 13.3. The van der Waals surface area contributed by atoms with Gasteiger partial charge in [-0.05, 0) is 24.6 Å². The molecule has 0 radical (unpaired) electrons. The van der Waals surface area contributed by atoms with Crippen LogP contribution in [0.5, 0.6) is 0 Å². The minimum Gasteiger partial charge on any atom is -0.280 e. The summed E-state index contributed by atoms with van der Waals surface area (Å²) in [5.41, 5.74) is 1.94. The van der Waals surface area contributed by atoms with Crippen molar-refractivity contribution in [1.29, 1.82) is 0 Å². The van der Waals surface area contributed by atoms with Crippen LogP contribution < -0.4 is 58.2 Å². The second-order valence-corrected chi connectivity index (χ2v) is 3.64. The first kappa shape index (κ1) is 15.7. The predicted octanol–water partition coefficient (Wildman–Crippen LogP) is 0.477. The zero-order chi connectivity index (χ0) is 12.3. The average Bonchev–Trinajstić information content (AvgIpc) is 2.33. The van der Waals surface area contributed by atoms with Crippen molar-refractivity contribution in [1.82, 2.24) is 0 Å². The summed E-state index contributed by atoms with van der Waals surface area (Å²) in [6.07, 6.45) is 0. The Bertz CT molecular complexity index is 592. The summed E-state index contributed by atoms with van der Waals surface area (Å²) in [7, 11) is 0. The Kier molecular flexibility index (Phi) is 6.38. The van der Waals surface area contributed by atoms with Crippen LogP contribution in [0.2, 0.25) is 0 Å². The first-order valence-corrected chi connectivity index (χ1v) is 5.11. The molecule has 18 heavy (non-hydrogen) atoms. The average molecular weight is 313 g/mol. The summed E-state index contributed by atoms with van der Waals surface area (Å²) in [5.74, 6) is 3.44. The third-order valence-corrected chi connectivity index (χ3v) is 2.28. The van der Waals surface area contributed by atoms with E-state index in [0.717, 1.165) is 11.1 Å². The van der Waals surface area contributed by atoms with Crippen LogP contribution in [0.25, 0.3) is 0 Å². The Labute approximate surface area is 154 Å². The van der Waals surface area contributed by atoms with Crippen molar-refractivity contribution in [2.45, 2.75) is 6.92 Å². The molecule has 84 valence electrons. The minimum atomic E-state index is -0.999. The molecule has 2 aromatic rings. The molecule has 0 bridgehead atoms. The van der Waals surface area contributed by atoms with E-state index in [4.69, 9.17) is 0 Å². The normalized spacial score (nSPS) is 9.06. The molecule has 0 aliphatic carbocycles. The first-order chi connectivity index (χ1) is 8.16. The van der Waals surface area contributed by atoms with Crippen molar-refractivity contribution in [2.24, 2.45) is 0 Å². The number of halogens is 2.